The third-order valence-corrected chi connectivity index (χ3v) is 4.03. The molecule has 0 atom stereocenters. The van der Waals surface area contributed by atoms with E-state index < -0.39 is 23.2 Å². The fourth-order valence-corrected chi connectivity index (χ4v) is 2.47. The number of carbonyl (C=O) groups excluding carboxylic acids is 1. The van der Waals surface area contributed by atoms with Crippen LogP contribution in [0.3, 0.4) is 0 Å². The minimum absolute atomic E-state index is 0.0320. The predicted molar refractivity (Wildman–Crippen MR) is 79.8 cm³/mol. The van der Waals surface area contributed by atoms with Crippen LogP contribution in [-0.4, -0.2) is 24.5 Å². The zero-order valence-electron chi connectivity index (χ0n) is 11.5. The van der Waals surface area contributed by atoms with Crippen molar-refractivity contribution in [2.24, 2.45) is 0 Å². The number of carbonyl (C=O) groups is 1. The predicted octanol–water partition coefficient (Wildman–Crippen LogP) is 2.71. The van der Waals surface area contributed by atoms with Crippen molar-refractivity contribution in [2.45, 2.75) is 6.92 Å². The summed E-state index contributed by atoms with van der Waals surface area (Å²) in [7, 11) is 1.80. The molecule has 5 nitrogen and oxygen atoms in total. The third-order valence-electron chi connectivity index (χ3n) is 2.85. The van der Waals surface area contributed by atoms with Crippen LogP contribution in [0.5, 0.6) is 0 Å². The van der Waals surface area contributed by atoms with Crippen LogP contribution in [0.1, 0.15) is 16.6 Å². The first kappa shape index (κ1) is 15.2. The average Bonchev–Trinajstić information content (AvgIpc) is 2.84. The molecule has 0 spiro atoms. The van der Waals surface area contributed by atoms with Gasteiger partial charge in [-0.05, 0) is 19.1 Å². The summed E-state index contributed by atoms with van der Waals surface area (Å²) in [6, 6.07) is 3.34. The lowest BCUT2D eigenvalue weighted by Crippen LogP contribution is -2.15. The van der Waals surface area contributed by atoms with E-state index in [0.717, 1.165) is 23.5 Å². The van der Waals surface area contributed by atoms with E-state index in [-0.39, 0.29) is 10.7 Å². The minimum Gasteiger partial charge on any atom is -0.382 e. The molecular weight excluding hydrogens is 298 g/mol. The van der Waals surface area contributed by atoms with Gasteiger partial charge in [-0.2, -0.15) is 0 Å². The van der Waals surface area contributed by atoms with Gasteiger partial charge in [-0.1, -0.05) is 17.4 Å². The van der Waals surface area contributed by atoms with Crippen LogP contribution >= 0.6 is 11.3 Å². The normalized spacial score (nSPS) is 10.5. The van der Waals surface area contributed by atoms with Crippen molar-refractivity contribution in [1.29, 1.82) is 0 Å². The fourth-order valence-electron chi connectivity index (χ4n) is 1.57. The molecule has 1 amide bonds. The number of nitrogens with zero attached hydrogens (tertiary/aromatic N) is 2. The highest BCUT2D eigenvalue weighted by molar-refractivity contribution is 7.18. The van der Waals surface area contributed by atoms with Gasteiger partial charge in [0, 0.05) is 13.6 Å². The van der Waals surface area contributed by atoms with Crippen LogP contribution in [0.4, 0.5) is 25.4 Å². The molecule has 2 aromatic rings. The molecular formula is C13H14F2N4OS. The van der Waals surface area contributed by atoms with E-state index in [0.29, 0.717) is 11.7 Å². The number of amides is 1. The Labute approximate surface area is 124 Å². The second-order valence-electron chi connectivity index (χ2n) is 4.28. The molecule has 3 N–H and O–H groups in total. The number of hydrogen-bond acceptors (Lipinski definition) is 5. The Bertz CT molecular complexity index is 654. The number of rotatable bonds is 4. The smallest absolute Gasteiger partial charge is 0.269 e. The van der Waals surface area contributed by atoms with Crippen LogP contribution < -0.4 is 16.0 Å². The summed E-state index contributed by atoms with van der Waals surface area (Å²) in [6.45, 7) is 2.61. The monoisotopic (exact) mass is 312 g/mol. The Morgan fingerprint density at radius 2 is 2.05 bits per heavy atom. The standard InChI is InChI=1S/C13H14F2N4OS/c1-3-19(2)13-18-11(16)10(21-13)12(20)17-9-7(14)5-4-6-8(9)15/h4-6H,3,16H2,1-2H3,(H,17,20). The highest BCUT2D eigenvalue weighted by Gasteiger charge is 2.20. The van der Waals surface area contributed by atoms with Gasteiger partial charge in [0.2, 0.25) is 0 Å². The van der Waals surface area contributed by atoms with E-state index in [4.69, 9.17) is 5.73 Å². The third kappa shape index (κ3) is 3.10. The molecule has 0 aliphatic carbocycles. The molecule has 21 heavy (non-hydrogen) atoms. The lowest BCUT2D eigenvalue weighted by Gasteiger charge is -2.11. The number of nitrogens with two attached hydrogens (primary N) is 1. The van der Waals surface area contributed by atoms with Gasteiger partial charge in [-0.15, -0.1) is 0 Å². The molecule has 0 radical (unpaired) electrons. The number of benzene rings is 1. The minimum atomic E-state index is -0.850. The number of hydrogen-bond donors (Lipinski definition) is 2. The molecule has 0 aliphatic rings. The van der Waals surface area contributed by atoms with Crippen LogP contribution in [0.15, 0.2) is 18.2 Å². The summed E-state index contributed by atoms with van der Waals surface area (Å²) in [4.78, 5) is 18.1. The van der Waals surface area contributed by atoms with Crippen molar-refractivity contribution < 1.29 is 13.6 Å². The summed E-state index contributed by atoms with van der Waals surface area (Å²) >= 11 is 1.06. The van der Waals surface area contributed by atoms with Crippen LogP contribution in [0.2, 0.25) is 0 Å². The number of halogens is 2. The number of nitrogens with one attached hydrogen (secondary N) is 1. The summed E-state index contributed by atoms with van der Waals surface area (Å²) < 4.78 is 27.0. The zero-order chi connectivity index (χ0) is 15.6. The van der Waals surface area contributed by atoms with E-state index in [2.05, 4.69) is 10.3 Å². The zero-order valence-corrected chi connectivity index (χ0v) is 12.3. The summed E-state index contributed by atoms with van der Waals surface area (Å²) in [5.74, 6) is -2.36. The maximum Gasteiger partial charge on any atom is 0.269 e. The van der Waals surface area contributed by atoms with E-state index in [9.17, 15) is 13.6 Å². The topological polar surface area (TPSA) is 71.2 Å². The van der Waals surface area contributed by atoms with E-state index in [1.165, 1.54) is 6.07 Å². The van der Waals surface area contributed by atoms with Gasteiger partial charge >= 0.3 is 0 Å². The SMILES string of the molecule is CCN(C)c1nc(N)c(C(=O)Nc2c(F)cccc2F)s1. The van der Waals surface area contributed by atoms with Gasteiger partial charge in [0.05, 0.1) is 0 Å². The first-order valence-corrected chi connectivity index (χ1v) is 6.98. The van der Waals surface area contributed by atoms with Gasteiger partial charge in [-0.3, -0.25) is 4.79 Å². The highest BCUT2D eigenvalue weighted by atomic mass is 32.1. The molecule has 8 heteroatoms. The lowest BCUT2D eigenvalue weighted by atomic mass is 10.3. The number of thiazole rings is 1. The molecule has 0 fully saturated rings. The maximum absolute atomic E-state index is 13.5. The maximum atomic E-state index is 13.5. The summed E-state index contributed by atoms with van der Waals surface area (Å²) in [6.07, 6.45) is 0. The Balaban J connectivity index is 2.27. The summed E-state index contributed by atoms with van der Waals surface area (Å²) in [5.41, 5.74) is 5.19. The van der Waals surface area contributed by atoms with Gasteiger partial charge < -0.3 is 16.0 Å². The van der Waals surface area contributed by atoms with Gasteiger partial charge in [0.25, 0.3) is 5.91 Å². The van der Waals surface area contributed by atoms with Gasteiger partial charge in [0.1, 0.15) is 28.0 Å². The van der Waals surface area contributed by atoms with E-state index in [1.54, 1.807) is 7.05 Å². The number of anilines is 3. The Morgan fingerprint density at radius 1 is 1.43 bits per heavy atom. The van der Waals surface area contributed by atoms with Crippen molar-refractivity contribution in [2.75, 3.05) is 29.5 Å². The van der Waals surface area contributed by atoms with E-state index >= 15 is 0 Å². The average molecular weight is 312 g/mol. The number of nitrogen functional groups attached to an aromatic ring is 1. The van der Waals surface area contributed by atoms with Crippen LogP contribution in [0.25, 0.3) is 0 Å². The molecule has 1 aromatic carbocycles. The van der Waals surface area contributed by atoms with Crippen molar-refractivity contribution in [3.8, 4) is 0 Å². The molecule has 1 aromatic heterocycles. The number of aromatic nitrogens is 1. The van der Waals surface area contributed by atoms with Crippen molar-refractivity contribution >= 4 is 33.9 Å². The quantitative estimate of drug-likeness (QED) is 0.910. The second kappa shape index (κ2) is 6.04. The molecule has 0 saturated heterocycles. The summed E-state index contributed by atoms with van der Waals surface area (Å²) in [5, 5.41) is 2.75. The molecule has 112 valence electrons. The van der Waals surface area contributed by atoms with E-state index in [1.807, 2.05) is 11.8 Å². The Morgan fingerprint density at radius 3 is 2.62 bits per heavy atom. The molecule has 0 aliphatic heterocycles. The number of para-hydroxylation sites is 1. The molecule has 0 bridgehead atoms. The van der Waals surface area contributed by atoms with Crippen molar-refractivity contribution in [1.82, 2.24) is 4.98 Å². The van der Waals surface area contributed by atoms with Gasteiger partial charge in [-0.25, -0.2) is 13.8 Å². The first-order chi connectivity index (χ1) is 9.93. The highest BCUT2D eigenvalue weighted by Crippen LogP contribution is 2.28. The molecule has 2 rings (SSSR count). The van der Waals surface area contributed by atoms with Crippen molar-refractivity contribution in [3.05, 3.63) is 34.7 Å². The lowest BCUT2D eigenvalue weighted by molar-refractivity contribution is 0.103. The van der Waals surface area contributed by atoms with Gasteiger partial charge in [0.15, 0.2) is 5.13 Å². The molecule has 0 unspecified atom stereocenters. The largest absolute Gasteiger partial charge is 0.382 e. The molecule has 1 heterocycles. The molecule has 0 saturated carbocycles. The Hall–Kier alpha value is -2.22. The second-order valence-corrected chi connectivity index (χ2v) is 5.25. The van der Waals surface area contributed by atoms with Crippen LogP contribution in [-0.2, 0) is 0 Å². The van der Waals surface area contributed by atoms with Crippen molar-refractivity contribution in [3.63, 3.8) is 0 Å². The Kier molecular flexibility index (Phi) is 4.37. The first-order valence-electron chi connectivity index (χ1n) is 6.16. The van der Waals surface area contributed by atoms with Crippen LogP contribution in [0, 0.1) is 11.6 Å². The fraction of sp³-hybridized carbons (Fsp3) is 0.231.